The smallest absolute Gasteiger partial charge is 0.212 e. The molecular formula is C62H110N2O6+2. The molecule has 6 atom stereocenters. The highest BCUT2D eigenvalue weighted by atomic mass is 16.7. The summed E-state index contributed by atoms with van der Waals surface area (Å²) in [6, 6.07) is 38.0. The summed E-state index contributed by atoms with van der Waals surface area (Å²) in [5, 5.41) is 1.29. The third-order valence-corrected chi connectivity index (χ3v) is 9.25. The molecule has 0 aliphatic carbocycles. The second-order valence-electron chi connectivity index (χ2n) is 14.4. The molecule has 0 spiro atoms. The zero-order chi connectivity index (χ0) is 47.8. The van der Waals surface area contributed by atoms with Gasteiger partial charge in [0.05, 0.1) is 24.4 Å². The lowest BCUT2D eigenvalue weighted by Crippen LogP contribution is -2.39. The van der Waals surface area contributed by atoms with Gasteiger partial charge in [0.1, 0.15) is 38.8 Å². The number of nitrogens with zero attached hydrogens (tertiary/aromatic N) is 2. The van der Waals surface area contributed by atoms with Gasteiger partial charge in [-0.25, -0.2) is 9.13 Å². The van der Waals surface area contributed by atoms with Crippen LogP contribution in [-0.2, 0) is 33.0 Å². The molecular weight excluding hydrogens is 869 g/mol. The Kier molecular flexibility index (Phi) is 60.6. The van der Waals surface area contributed by atoms with Gasteiger partial charge in [-0.2, -0.15) is 0 Å². The summed E-state index contributed by atoms with van der Waals surface area (Å²) in [5.41, 5.74) is 1.27. The van der Waals surface area contributed by atoms with Crippen molar-refractivity contribution in [3.05, 3.63) is 158 Å². The predicted molar refractivity (Wildman–Crippen MR) is 309 cm³/mol. The summed E-state index contributed by atoms with van der Waals surface area (Å²) in [7, 11) is 4.06. The lowest BCUT2D eigenvalue weighted by molar-refractivity contribution is -0.671. The lowest BCUT2D eigenvalue weighted by Gasteiger charge is -2.33. The van der Waals surface area contributed by atoms with E-state index in [1.165, 1.54) is 10.9 Å². The Hall–Kier alpha value is -4.86. The molecule has 4 heterocycles. The van der Waals surface area contributed by atoms with E-state index in [0.29, 0.717) is 25.4 Å². The van der Waals surface area contributed by atoms with Crippen LogP contribution in [0.25, 0.3) is 10.9 Å². The monoisotopic (exact) mass is 979 g/mol. The normalized spacial score (nSPS) is 17.8. The summed E-state index contributed by atoms with van der Waals surface area (Å²) < 4.78 is 38.3. The average Bonchev–Trinajstić information content (AvgIpc) is 3.35. The van der Waals surface area contributed by atoms with Crippen LogP contribution in [0.1, 0.15) is 153 Å². The number of hydrogen-bond donors (Lipinski definition) is 0. The van der Waals surface area contributed by atoms with Crippen LogP contribution in [0, 0.1) is 0 Å². The van der Waals surface area contributed by atoms with Gasteiger partial charge in [-0.1, -0.05) is 165 Å². The number of aryl methyl sites for hydroxylation is 2. The van der Waals surface area contributed by atoms with Crippen molar-refractivity contribution in [1.82, 2.24) is 0 Å². The summed E-state index contributed by atoms with van der Waals surface area (Å²) in [6.07, 6.45) is 18.6. The van der Waals surface area contributed by atoms with E-state index in [0.717, 1.165) is 37.2 Å². The van der Waals surface area contributed by atoms with Crippen LogP contribution >= 0.6 is 0 Å². The molecule has 0 amide bonds. The second-order valence-corrected chi connectivity index (χ2v) is 14.4. The number of pyridine rings is 2. The molecule has 3 aromatic carbocycles. The molecule has 0 bridgehead atoms. The molecule has 0 saturated carbocycles. The Balaban J connectivity index is -0.000000140. The number of rotatable bonds is 8. The standard InChI is InChI=1S/2C14H20O3.C10H10N.C6H8N.2C4H8.2C2H6.6CH4/c2*1-3-12-9-11(2)16-14(17-12)10-15-13-7-5-4-6-8-13;1-11-8-4-6-9-5-2-3-7-10(9)11;1-7-5-3-2-4-6-7;2*1-3-4-2;2*1-2;;;;;;/h2*4-8,11-12,14H,3,9-10H2,1-2H3;2-8H,1H3;2-6H,1H3;2*3-4H,1-2H3;2*1-2H3;6*1H4/q;;2*+1;;;;;;;;;;/b;;;;2*4-3+;;;;;;;;. The Morgan fingerprint density at radius 2 is 0.814 bits per heavy atom. The highest BCUT2D eigenvalue weighted by molar-refractivity contribution is 5.74. The molecule has 2 saturated heterocycles. The topological polar surface area (TPSA) is 63.1 Å². The Bertz CT molecular complexity index is 1730. The molecule has 0 N–H and O–H groups in total. The maximum absolute atomic E-state index is 5.78. The van der Waals surface area contributed by atoms with Crippen LogP contribution in [-0.4, -0.2) is 50.2 Å². The summed E-state index contributed by atoms with van der Waals surface area (Å²) in [5.74, 6) is 1.71. The van der Waals surface area contributed by atoms with Gasteiger partial charge in [-0.15, -0.1) is 0 Å². The predicted octanol–water partition coefficient (Wildman–Crippen LogP) is 17.2. The van der Waals surface area contributed by atoms with E-state index in [9.17, 15) is 0 Å². The molecule has 6 unspecified atom stereocenters. The van der Waals surface area contributed by atoms with Gasteiger partial charge in [0.2, 0.25) is 5.52 Å². The molecule has 8 nitrogen and oxygen atoms in total. The molecule has 2 aliphatic heterocycles. The number of para-hydroxylation sites is 3. The summed E-state index contributed by atoms with van der Waals surface area (Å²) in [6.45, 7) is 25.3. The van der Waals surface area contributed by atoms with Gasteiger partial charge in [0.15, 0.2) is 31.2 Å². The van der Waals surface area contributed by atoms with Crippen LogP contribution in [0.15, 0.2) is 158 Å². The third-order valence-electron chi connectivity index (χ3n) is 9.25. The molecule has 5 aromatic rings. The van der Waals surface area contributed by atoms with E-state index < -0.39 is 0 Å². The van der Waals surface area contributed by atoms with Gasteiger partial charge in [-0.05, 0) is 104 Å². The van der Waals surface area contributed by atoms with Crippen molar-refractivity contribution < 1.29 is 37.6 Å². The summed E-state index contributed by atoms with van der Waals surface area (Å²) >= 11 is 0. The van der Waals surface area contributed by atoms with Gasteiger partial charge in [0.25, 0.3) is 0 Å². The minimum atomic E-state index is -0.246. The molecule has 2 aliphatic rings. The van der Waals surface area contributed by atoms with Crippen molar-refractivity contribution in [3.63, 3.8) is 0 Å². The number of allylic oxidation sites excluding steroid dienone is 4. The maximum atomic E-state index is 5.78. The van der Waals surface area contributed by atoms with E-state index >= 15 is 0 Å². The van der Waals surface area contributed by atoms with E-state index in [4.69, 9.17) is 28.4 Å². The fraction of sp³-hybridized carbons (Fsp3) is 0.516. The molecule has 2 aromatic heterocycles. The largest absolute Gasteiger partial charge is 0.488 e. The first-order chi connectivity index (χ1) is 31.1. The molecule has 2 fully saturated rings. The van der Waals surface area contributed by atoms with Crippen LogP contribution < -0.4 is 18.6 Å². The Morgan fingerprint density at radius 3 is 1.14 bits per heavy atom. The van der Waals surface area contributed by atoms with Crippen molar-refractivity contribution in [1.29, 1.82) is 0 Å². The Labute approximate surface area is 434 Å². The van der Waals surface area contributed by atoms with Crippen molar-refractivity contribution in [2.45, 2.75) is 190 Å². The molecule has 0 radical (unpaired) electrons. The number of hydrogen-bond acceptors (Lipinski definition) is 6. The minimum Gasteiger partial charge on any atom is -0.488 e. The number of ether oxygens (including phenoxy) is 6. The average molecular weight is 980 g/mol. The van der Waals surface area contributed by atoms with Crippen molar-refractivity contribution in [2.75, 3.05) is 13.2 Å². The quantitative estimate of drug-likeness (QED) is 0.114. The van der Waals surface area contributed by atoms with Crippen LogP contribution in [0.4, 0.5) is 0 Å². The first kappa shape index (κ1) is 79.3. The minimum absolute atomic E-state index is 0. The number of fused-ring (bicyclic) bond motifs is 1. The fourth-order valence-electron chi connectivity index (χ4n) is 5.81. The van der Waals surface area contributed by atoms with Crippen LogP contribution in [0.3, 0.4) is 0 Å². The molecule has 70 heavy (non-hydrogen) atoms. The van der Waals surface area contributed by atoms with Gasteiger partial charge in [-0.3, -0.25) is 0 Å². The highest BCUT2D eigenvalue weighted by Crippen LogP contribution is 2.22. The van der Waals surface area contributed by atoms with Gasteiger partial charge in [0, 0.05) is 29.7 Å². The van der Waals surface area contributed by atoms with E-state index in [2.05, 4.69) is 81.9 Å². The van der Waals surface area contributed by atoms with Crippen molar-refractivity contribution in [3.8, 4) is 11.5 Å². The van der Waals surface area contributed by atoms with E-state index in [1.807, 2.05) is 183 Å². The van der Waals surface area contributed by atoms with E-state index in [-0.39, 0.29) is 69.3 Å². The van der Waals surface area contributed by atoms with Crippen molar-refractivity contribution in [2.24, 2.45) is 14.1 Å². The van der Waals surface area contributed by atoms with Crippen LogP contribution in [0.2, 0.25) is 0 Å². The van der Waals surface area contributed by atoms with Crippen LogP contribution in [0.5, 0.6) is 11.5 Å². The van der Waals surface area contributed by atoms with Gasteiger partial charge >= 0.3 is 0 Å². The number of aromatic nitrogens is 2. The fourth-order valence-corrected chi connectivity index (χ4v) is 5.81. The third kappa shape index (κ3) is 38.0. The Morgan fingerprint density at radius 1 is 0.471 bits per heavy atom. The first-order valence-corrected chi connectivity index (χ1v) is 23.5. The van der Waals surface area contributed by atoms with E-state index in [1.54, 1.807) is 0 Å². The first-order valence-electron chi connectivity index (χ1n) is 23.5. The molecule has 7 rings (SSSR count). The molecule has 8 heteroatoms. The zero-order valence-electron chi connectivity index (χ0n) is 42.1. The molecule has 402 valence electrons. The van der Waals surface area contributed by atoms with Gasteiger partial charge < -0.3 is 28.4 Å². The van der Waals surface area contributed by atoms with Crippen molar-refractivity contribution >= 4 is 10.9 Å². The lowest BCUT2D eigenvalue weighted by atomic mass is 10.1. The highest BCUT2D eigenvalue weighted by Gasteiger charge is 2.28. The zero-order valence-corrected chi connectivity index (χ0v) is 42.1. The maximum Gasteiger partial charge on any atom is 0.212 e. The number of benzene rings is 3. The second kappa shape index (κ2) is 53.5. The summed E-state index contributed by atoms with van der Waals surface area (Å²) in [4.78, 5) is 0. The SMILES string of the molecule is C.C.C.C.C.C.C/C=C/C.C/C=C/C.CC.CC.CCC1CC(C)OC(COc2ccccc2)O1.CCC1CC(C)OC(COc2ccccc2)O1.C[n+]1cccc2ccccc21.C[n+]1ccccc1.